The van der Waals surface area contributed by atoms with Gasteiger partial charge in [-0.2, -0.15) is 0 Å². The number of aliphatic hydroxyl groups is 1. The molecule has 0 atom stereocenters. The van der Waals surface area contributed by atoms with Gasteiger partial charge in [-0.25, -0.2) is 0 Å². The third-order valence-electron chi connectivity index (χ3n) is 1.61. The van der Waals surface area contributed by atoms with E-state index in [4.69, 9.17) is 5.73 Å². The zero-order chi connectivity index (χ0) is 9.19. The molecule has 0 radical (unpaired) electrons. The highest BCUT2D eigenvalue weighted by Gasteiger charge is 2.14. The van der Waals surface area contributed by atoms with Gasteiger partial charge in [0.1, 0.15) is 0 Å². The third-order valence-corrected chi connectivity index (χ3v) is 1.61. The minimum absolute atomic E-state index is 0.512. The van der Waals surface area contributed by atoms with Gasteiger partial charge >= 0.3 is 0 Å². The van der Waals surface area contributed by atoms with Gasteiger partial charge in [-0.15, -0.1) is 0 Å². The fraction of sp³-hybridized carbons (Fsp3) is 0.400. The fourth-order valence-corrected chi connectivity index (χ4v) is 1.07. The van der Waals surface area contributed by atoms with Gasteiger partial charge in [0.2, 0.25) is 0 Å². The van der Waals surface area contributed by atoms with Gasteiger partial charge in [-0.3, -0.25) is 5.73 Å². The molecule has 2 nitrogen and oxygen atoms in total. The molecule has 0 bridgehead atoms. The number of allylic oxidation sites excluding steroid dienone is 4. The summed E-state index contributed by atoms with van der Waals surface area (Å²) >= 11 is 0. The van der Waals surface area contributed by atoms with Crippen LogP contribution in [0.1, 0.15) is 13.8 Å². The van der Waals surface area contributed by atoms with Gasteiger partial charge in [0.25, 0.3) is 0 Å². The van der Waals surface area contributed by atoms with Crippen LogP contribution in [-0.4, -0.2) is 10.8 Å². The van der Waals surface area contributed by atoms with E-state index >= 15 is 0 Å². The Kier molecular flexibility index (Phi) is 2.50. The van der Waals surface area contributed by atoms with Gasteiger partial charge in [0, 0.05) is 0 Å². The molecule has 0 aromatic heterocycles. The smallest absolute Gasteiger partial charge is 0.152 e. The van der Waals surface area contributed by atoms with Gasteiger partial charge in [0.15, 0.2) is 5.72 Å². The summed E-state index contributed by atoms with van der Waals surface area (Å²) in [6, 6.07) is 0. The highest BCUT2D eigenvalue weighted by Crippen LogP contribution is 2.14. The van der Waals surface area contributed by atoms with Crippen LogP contribution in [0.5, 0.6) is 0 Å². The molecular formula is C10H15NO. The maximum atomic E-state index is 9.30. The summed E-state index contributed by atoms with van der Waals surface area (Å²) in [5.41, 5.74) is 5.27. The molecule has 0 amide bonds. The summed E-state index contributed by atoms with van der Waals surface area (Å²) in [5, 5.41) is 9.30. The standard InChI is InChI=1S/C10H15NO/c1-8(2)7-9-3-5-10(11,12)6-4-9/h3-8,12H,11H2,1-2H3. The van der Waals surface area contributed by atoms with E-state index in [-0.39, 0.29) is 0 Å². The molecule has 1 aliphatic rings. The number of hydrogen-bond donors (Lipinski definition) is 2. The Morgan fingerprint density at radius 1 is 1.42 bits per heavy atom. The third kappa shape index (κ3) is 2.64. The normalized spacial score (nSPS) is 28.2. The first-order chi connectivity index (χ1) is 5.49. The summed E-state index contributed by atoms with van der Waals surface area (Å²) in [7, 11) is 0. The molecule has 2 heteroatoms. The van der Waals surface area contributed by atoms with Gasteiger partial charge < -0.3 is 5.11 Å². The van der Waals surface area contributed by atoms with E-state index < -0.39 is 5.72 Å². The first-order valence-electron chi connectivity index (χ1n) is 4.11. The van der Waals surface area contributed by atoms with Crippen molar-refractivity contribution in [3.63, 3.8) is 0 Å². The lowest BCUT2D eigenvalue weighted by molar-refractivity contribution is 0.150. The molecule has 0 saturated heterocycles. The second kappa shape index (κ2) is 3.25. The lowest BCUT2D eigenvalue weighted by Crippen LogP contribution is -2.35. The molecule has 0 unspecified atom stereocenters. The number of hydrogen-bond acceptors (Lipinski definition) is 2. The Labute approximate surface area is 73.1 Å². The van der Waals surface area contributed by atoms with Crippen LogP contribution in [0.4, 0.5) is 0 Å². The topological polar surface area (TPSA) is 46.2 Å². The second-order valence-electron chi connectivity index (χ2n) is 3.46. The van der Waals surface area contributed by atoms with E-state index in [1.165, 1.54) is 0 Å². The van der Waals surface area contributed by atoms with Crippen LogP contribution in [0, 0.1) is 5.92 Å². The minimum Gasteiger partial charge on any atom is -0.369 e. The maximum Gasteiger partial charge on any atom is 0.152 e. The lowest BCUT2D eigenvalue weighted by Gasteiger charge is -2.17. The predicted octanol–water partition coefficient (Wildman–Crippen LogP) is 1.34. The van der Waals surface area contributed by atoms with Crippen molar-refractivity contribution in [1.82, 2.24) is 0 Å². The second-order valence-corrected chi connectivity index (χ2v) is 3.46. The SMILES string of the molecule is CC(C)C=C1C=CC(N)(O)C=C1. The van der Waals surface area contributed by atoms with Crippen LogP contribution >= 0.6 is 0 Å². The molecular weight excluding hydrogens is 150 g/mol. The van der Waals surface area contributed by atoms with Crippen molar-refractivity contribution in [1.29, 1.82) is 0 Å². The maximum absolute atomic E-state index is 9.30. The predicted molar refractivity (Wildman–Crippen MR) is 50.3 cm³/mol. The average Bonchev–Trinajstić information content (AvgIpc) is 1.93. The molecule has 3 N–H and O–H groups in total. The molecule has 0 spiro atoms. The van der Waals surface area contributed by atoms with Crippen LogP contribution in [0.3, 0.4) is 0 Å². The van der Waals surface area contributed by atoms with Crippen molar-refractivity contribution in [2.75, 3.05) is 0 Å². The first kappa shape index (κ1) is 9.23. The summed E-state index contributed by atoms with van der Waals surface area (Å²) in [6.07, 6.45) is 8.95. The monoisotopic (exact) mass is 165 g/mol. The Morgan fingerprint density at radius 3 is 2.33 bits per heavy atom. The summed E-state index contributed by atoms with van der Waals surface area (Å²) in [4.78, 5) is 0. The molecule has 0 fully saturated rings. The van der Waals surface area contributed by atoms with E-state index in [0.29, 0.717) is 5.92 Å². The molecule has 1 aliphatic carbocycles. The summed E-state index contributed by atoms with van der Waals surface area (Å²) < 4.78 is 0. The number of rotatable bonds is 1. The molecule has 1 rings (SSSR count). The van der Waals surface area contributed by atoms with Crippen LogP contribution in [0.2, 0.25) is 0 Å². The molecule has 0 aromatic rings. The Balaban J connectivity index is 2.74. The van der Waals surface area contributed by atoms with Gasteiger partial charge in [0.05, 0.1) is 0 Å². The van der Waals surface area contributed by atoms with Crippen molar-refractivity contribution < 1.29 is 5.11 Å². The Hall–Kier alpha value is -0.860. The van der Waals surface area contributed by atoms with E-state index in [9.17, 15) is 5.11 Å². The zero-order valence-corrected chi connectivity index (χ0v) is 7.49. The summed E-state index contributed by atoms with van der Waals surface area (Å²) in [6.45, 7) is 4.22. The fourth-order valence-electron chi connectivity index (χ4n) is 1.07. The van der Waals surface area contributed by atoms with Gasteiger partial charge in [-0.1, -0.05) is 32.1 Å². The van der Waals surface area contributed by atoms with Crippen LogP contribution < -0.4 is 5.73 Å². The van der Waals surface area contributed by atoms with Crippen molar-refractivity contribution in [3.05, 3.63) is 36.0 Å². The quantitative estimate of drug-likeness (QED) is 0.576. The highest BCUT2D eigenvalue weighted by atomic mass is 16.3. The number of nitrogens with two attached hydrogens (primary N) is 1. The van der Waals surface area contributed by atoms with Crippen LogP contribution in [0.25, 0.3) is 0 Å². The Bertz CT molecular complexity index is 229. The van der Waals surface area contributed by atoms with Crippen LogP contribution in [0.15, 0.2) is 36.0 Å². The first-order valence-corrected chi connectivity index (χ1v) is 4.11. The lowest BCUT2D eigenvalue weighted by atomic mass is 10.0. The van der Waals surface area contributed by atoms with E-state index in [0.717, 1.165) is 5.57 Å². The average molecular weight is 165 g/mol. The molecule has 66 valence electrons. The van der Waals surface area contributed by atoms with Crippen molar-refractivity contribution in [2.24, 2.45) is 11.7 Å². The van der Waals surface area contributed by atoms with Crippen LogP contribution in [-0.2, 0) is 0 Å². The molecule has 0 aliphatic heterocycles. The Morgan fingerprint density at radius 2 is 1.92 bits per heavy atom. The largest absolute Gasteiger partial charge is 0.369 e. The zero-order valence-electron chi connectivity index (χ0n) is 7.49. The molecule has 12 heavy (non-hydrogen) atoms. The molecule has 0 heterocycles. The van der Waals surface area contributed by atoms with E-state index in [1.54, 1.807) is 12.2 Å². The van der Waals surface area contributed by atoms with Crippen molar-refractivity contribution in [3.8, 4) is 0 Å². The van der Waals surface area contributed by atoms with Crippen molar-refractivity contribution in [2.45, 2.75) is 19.6 Å². The van der Waals surface area contributed by atoms with E-state index in [1.807, 2.05) is 12.2 Å². The van der Waals surface area contributed by atoms with E-state index in [2.05, 4.69) is 19.9 Å². The summed E-state index contributed by atoms with van der Waals surface area (Å²) in [5.74, 6) is 0.512. The minimum atomic E-state index is -1.26. The molecule has 0 aromatic carbocycles. The molecule has 0 saturated carbocycles. The highest BCUT2D eigenvalue weighted by molar-refractivity contribution is 5.38. The van der Waals surface area contributed by atoms with Gasteiger partial charge in [-0.05, 0) is 23.6 Å². The van der Waals surface area contributed by atoms with Crippen molar-refractivity contribution >= 4 is 0 Å².